The van der Waals surface area contributed by atoms with Gasteiger partial charge in [0.05, 0.1) is 9.40 Å². The Kier molecular flexibility index (Phi) is 5.52. The Morgan fingerprint density at radius 1 is 1.57 bits per heavy atom. The van der Waals surface area contributed by atoms with Crippen molar-refractivity contribution in [3.8, 4) is 0 Å². The molecule has 2 heterocycles. The lowest BCUT2D eigenvalue weighted by Gasteiger charge is -2.34. The van der Waals surface area contributed by atoms with Gasteiger partial charge in [-0.1, -0.05) is 13.8 Å². The summed E-state index contributed by atoms with van der Waals surface area (Å²) in [7, 11) is 0. The maximum absolute atomic E-state index is 11.2. The van der Waals surface area contributed by atoms with Crippen molar-refractivity contribution in [2.24, 2.45) is 5.92 Å². The largest absolute Gasteiger partial charge is 0.365 e. The third-order valence-electron chi connectivity index (χ3n) is 3.70. The minimum atomic E-state index is -0.358. The molecule has 0 spiro atoms. The molecule has 1 saturated heterocycles. The van der Waals surface area contributed by atoms with Gasteiger partial charge >= 0.3 is 5.69 Å². The zero-order valence-electron chi connectivity index (χ0n) is 12.4. The molecule has 0 bridgehead atoms. The highest BCUT2D eigenvalue weighted by Crippen LogP contribution is 2.36. The number of hydrogen-bond acceptors (Lipinski definition) is 5. The molecule has 116 valence electrons. The number of piperidine rings is 1. The second-order valence-corrected chi connectivity index (χ2v) is 6.62. The normalized spacial score (nSPS) is 19.0. The summed E-state index contributed by atoms with van der Waals surface area (Å²) >= 11 is 3.41. The summed E-state index contributed by atoms with van der Waals surface area (Å²) in [4.78, 5) is 16.9. The van der Waals surface area contributed by atoms with Gasteiger partial charge in [0, 0.05) is 25.3 Å². The van der Waals surface area contributed by atoms with Crippen molar-refractivity contribution < 1.29 is 4.92 Å². The second-order valence-electron chi connectivity index (χ2n) is 5.76. The Morgan fingerprint density at radius 2 is 2.33 bits per heavy atom. The van der Waals surface area contributed by atoms with Crippen molar-refractivity contribution in [1.82, 2.24) is 10.3 Å². The predicted molar refractivity (Wildman–Crippen MR) is 86.7 cm³/mol. The number of nitrogens with zero attached hydrogens (tertiary/aromatic N) is 3. The van der Waals surface area contributed by atoms with Crippen molar-refractivity contribution in [3.05, 3.63) is 27.0 Å². The number of pyridine rings is 1. The van der Waals surface area contributed by atoms with Crippen molar-refractivity contribution in [2.45, 2.75) is 32.7 Å². The number of rotatable bonds is 5. The van der Waals surface area contributed by atoms with Crippen LogP contribution in [0.3, 0.4) is 0 Å². The molecule has 1 unspecified atom stereocenters. The Bertz CT molecular complexity index is 510. The van der Waals surface area contributed by atoms with E-state index in [2.05, 4.69) is 45.0 Å². The molecule has 0 aliphatic carbocycles. The van der Waals surface area contributed by atoms with E-state index < -0.39 is 0 Å². The van der Waals surface area contributed by atoms with Crippen LogP contribution in [0.4, 0.5) is 11.4 Å². The number of halogens is 1. The van der Waals surface area contributed by atoms with Crippen molar-refractivity contribution >= 4 is 27.3 Å². The zero-order valence-corrected chi connectivity index (χ0v) is 14.0. The van der Waals surface area contributed by atoms with E-state index in [0.29, 0.717) is 22.1 Å². The van der Waals surface area contributed by atoms with Gasteiger partial charge in [-0.15, -0.1) is 0 Å². The van der Waals surface area contributed by atoms with Crippen LogP contribution in [0, 0.1) is 16.0 Å². The number of aromatic nitrogens is 1. The highest BCUT2D eigenvalue weighted by Gasteiger charge is 2.27. The molecule has 2 rings (SSSR count). The van der Waals surface area contributed by atoms with E-state index in [-0.39, 0.29) is 10.6 Å². The summed E-state index contributed by atoms with van der Waals surface area (Å²) in [5.74, 6) is 0.515. The van der Waals surface area contributed by atoms with Crippen molar-refractivity contribution in [2.75, 3.05) is 24.5 Å². The van der Waals surface area contributed by atoms with E-state index in [4.69, 9.17) is 0 Å². The topological polar surface area (TPSA) is 71.3 Å². The Balaban J connectivity index is 2.16. The first kappa shape index (κ1) is 16.2. The van der Waals surface area contributed by atoms with Crippen LogP contribution in [0.2, 0.25) is 0 Å². The Labute approximate surface area is 133 Å². The van der Waals surface area contributed by atoms with E-state index in [1.807, 2.05) is 0 Å². The van der Waals surface area contributed by atoms with Crippen LogP contribution in [0.5, 0.6) is 0 Å². The minimum Gasteiger partial charge on any atom is -0.365 e. The molecule has 0 radical (unpaired) electrons. The molecule has 1 atom stereocenters. The van der Waals surface area contributed by atoms with Gasteiger partial charge in [-0.25, -0.2) is 0 Å². The van der Waals surface area contributed by atoms with Gasteiger partial charge in [0.25, 0.3) is 0 Å². The zero-order chi connectivity index (χ0) is 15.4. The van der Waals surface area contributed by atoms with Gasteiger partial charge in [-0.3, -0.25) is 15.1 Å². The van der Waals surface area contributed by atoms with Gasteiger partial charge < -0.3 is 10.2 Å². The Hall–Kier alpha value is -1.21. The van der Waals surface area contributed by atoms with Gasteiger partial charge in [-0.05, 0) is 41.2 Å². The lowest BCUT2D eigenvalue weighted by atomic mass is 9.97. The quantitative estimate of drug-likeness (QED) is 0.648. The van der Waals surface area contributed by atoms with E-state index in [9.17, 15) is 10.1 Å². The third-order valence-corrected chi connectivity index (χ3v) is 4.28. The minimum absolute atomic E-state index is 0.0712. The standard InChI is InChI=1S/C14H21BrN4O2/c1-10(2)17-6-11-4-3-5-18(9-11)14-12(15)7-16-8-13(14)19(20)21/h7-8,10-11,17H,3-6,9H2,1-2H3. The van der Waals surface area contributed by atoms with Crippen LogP contribution in [0.1, 0.15) is 26.7 Å². The molecule has 1 N–H and O–H groups in total. The lowest BCUT2D eigenvalue weighted by molar-refractivity contribution is -0.384. The van der Waals surface area contributed by atoms with Crippen molar-refractivity contribution in [3.63, 3.8) is 0 Å². The molecule has 21 heavy (non-hydrogen) atoms. The molecule has 0 aromatic carbocycles. The molecule has 1 aliphatic rings. The molecular weight excluding hydrogens is 336 g/mol. The number of nitrogens with one attached hydrogen (secondary N) is 1. The van der Waals surface area contributed by atoms with E-state index in [1.165, 1.54) is 6.20 Å². The van der Waals surface area contributed by atoms with Crippen LogP contribution in [-0.2, 0) is 0 Å². The molecular formula is C14H21BrN4O2. The van der Waals surface area contributed by atoms with E-state index in [1.54, 1.807) is 6.20 Å². The maximum Gasteiger partial charge on any atom is 0.311 e. The molecule has 0 saturated carbocycles. The molecule has 1 aromatic heterocycles. The summed E-state index contributed by atoms with van der Waals surface area (Å²) < 4.78 is 0.689. The average Bonchev–Trinajstić information content (AvgIpc) is 2.45. The van der Waals surface area contributed by atoms with Crippen LogP contribution in [0.15, 0.2) is 16.9 Å². The highest BCUT2D eigenvalue weighted by molar-refractivity contribution is 9.10. The SMILES string of the molecule is CC(C)NCC1CCCN(c2c(Br)cncc2[N+](=O)[O-])C1. The lowest BCUT2D eigenvalue weighted by Crippen LogP contribution is -2.41. The molecule has 6 nitrogen and oxygen atoms in total. The molecule has 7 heteroatoms. The predicted octanol–water partition coefficient (Wildman–Crippen LogP) is 2.97. The first-order chi connectivity index (χ1) is 9.99. The first-order valence-electron chi connectivity index (χ1n) is 7.25. The van der Waals surface area contributed by atoms with Gasteiger partial charge in [-0.2, -0.15) is 0 Å². The van der Waals surface area contributed by atoms with Crippen molar-refractivity contribution in [1.29, 1.82) is 0 Å². The number of nitro groups is 1. The summed E-state index contributed by atoms with van der Waals surface area (Å²) in [6.07, 6.45) is 5.16. The second kappa shape index (κ2) is 7.17. The van der Waals surface area contributed by atoms with Gasteiger partial charge in [0.15, 0.2) is 0 Å². The number of anilines is 1. The fourth-order valence-electron chi connectivity index (χ4n) is 2.70. The van der Waals surface area contributed by atoms with Gasteiger partial charge in [0.1, 0.15) is 11.9 Å². The van der Waals surface area contributed by atoms with E-state index in [0.717, 1.165) is 32.5 Å². The monoisotopic (exact) mass is 356 g/mol. The fraction of sp³-hybridized carbons (Fsp3) is 0.643. The summed E-state index contributed by atoms with van der Waals surface area (Å²) in [6, 6.07) is 0.461. The molecule has 1 aliphatic heterocycles. The molecule has 0 amide bonds. The summed E-state index contributed by atoms with van der Waals surface area (Å²) in [6.45, 7) is 6.89. The maximum atomic E-state index is 11.2. The van der Waals surface area contributed by atoms with Crippen LogP contribution < -0.4 is 10.2 Å². The van der Waals surface area contributed by atoms with Crippen LogP contribution in [-0.4, -0.2) is 35.6 Å². The summed E-state index contributed by atoms with van der Waals surface area (Å²) in [5.41, 5.74) is 0.728. The molecule has 1 aromatic rings. The Morgan fingerprint density at radius 3 is 3.00 bits per heavy atom. The third kappa shape index (κ3) is 4.14. The van der Waals surface area contributed by atoms with E-state index >= 15 is 0 Å². The van der Waals surface area contributed by atoms with Gasteiger partial charge in [0.2, 0.25) is 0 Å². The average molecular weight is 357 g/mol. The van der Waals surface area contributed by atoms with Crippen LogP contribution in [0.25, 0.3) is 0 Å². The van der Waals surface area contributed by atoms with Crippen LogP contribution >= 0.6 is 15.9 Å². The highest BCUT2D eigenvalue weighted by atomic mass is 79.9. The molecule has 1 fully saturated rings. The fourth-order valence-corrected chi connectivity index (χ4v) is 3.27. The smallest absolute Gasteiger partial charge is 0.311 e. The number of hydrogen-bond donors (Lipinski definition) is 1. The summed E-state index contributed by atoms with van der Waals surface area (Å²) in [5, 5.41) is 14.7. The first-order valence-corrected chi connectivity index (χ1v) is 8.04.